The lowest BCUT2D eigenvalue weighted by atomic mass is 10.1. The van der Waals surface area contributed by atoms with E-state index in [-0.39, 0.29) is 12.2 Å². The number of carbonyl (C=O) groups is 1. The summed E-state index contributed by atoms with van der Waals surface area (Å²) < 4.78 is 18.2. The van der Waals surface area contributed by atoms with Gasteiger partial charge in [-0.25, -0.2) is 9.18 Å². The third-order valence-electron chi connectivity index (χ3n) is 1.99. The molecule has 1 rings (SSSR count). The minimum absolute atomic E-state index is 0.100. The highest BCUT2D eigenvalue weighted by Crippen LogP contribution is 2.23. The molecule has 0 saturated carbocycles. The van der Waals surface area contributed by atoms with E-state index in [0.29, 0.717) is 5.02 Å². The van der Waals surface area contributed by atoms with E-state index in [1.165, 1.54) is 24.3 Å². The van der Waals surface area contributed by atoms with Crippen molar-refractivity contribution in [1.29, 1.82) is 0 Å². The molecule has 5 heteroatoms. The van der Waals surface area contributed by atoms with Gasteiger partial charge in [0.15, 0.2) is 12.3 Å². The Hall–Kier alpha value is -1.13. The van der Waals surface area contributed by atoms with Gasteiger partial charge in [0, 0.05) is 5.02 Å². The first kappa shape index (κ1) is 12.9. The number of alkyl halides is 1. The largest absolute Gasteiger partial charge is 0.464 e. The van der Waals surface area contributed by atoms with Gasteiger partial charge >= 0.3 is 5.97 Å². The Balaban J connectivity index is 2.73. The Morgan fingerprint density at radius 3 is 2.56 bits per heavy atom. The van der Waals surface area contributed by atoms with E-state index in [2.05, 4.69) is 4.74 Å². The SMILES string of the molecule is CCOC(=O)[C@@H](O)[C@H](F)c1ccc(Cl)cc1. The Labute approximate surface area is 97.8 Å². The fraction of sp³-hybridized carbons (Fsp3) is 0.364. The molecule has 2 atom stereocenters. The van der Waals surface area contributed by atoms with Crippen LogP contribution in [0, 0.1) is 0 Å². The maximum Gasteiger partial charge on any atom is 0.338 e. The van der Waals surface area contributed by atoms with Crippen molar-refractivity contribution in [2.45, 2.75) is 19.2 Å². The standard InChI is InChI=1S/C11H12ClFO3/c1-2-16-11(15)10(14)9(13)7-3-5-8(12)6-4-7/h3-6,9-10,14H,2H2,1H3/t9-,10+/m1/s1. The first-order valence-electron chi connectivity index (χ1n) is 4.80. The Bertz CT molecular complexity index is 353. The van der Waals surface area contributed by atoms with Crippen molar-refractivity contribution in [2.24, 2.45) is 0 Å². The molecule has 88 valence electrons. The topological polar surface area (TPSA) is 46.5 Å². The summed E-state index contributed by atoms with van der Waals surface area (Å²) in [6, 6.07) is 5.80. The highest BCUT2D eigenvalue weighted by atomic mass is 35.5. The first-order valence-corrected chi connectivity index (χ1v) is 5.18. The molecule has 1 aromatic rings. The van der Waals surface area contributed by atoms with Crippen LogP contribution in [0.1, 0.15) is 18.7 Å². The van der Waals surface area contributed by atoms with Gasteiger partial charge in [-0.15, -0.1) is 0 Å². The molecule has 0 aromatic heterocycles. The highest BCUT2D eigenvalue weighted by Gasteiger charge is 2.28. The van der Waals surface area contributed by atoms with Crippen LogP contribution in [0.2, 0.25) is 5.02 Å². The molecule has 16 heavy (non-hydrogen) atoms. The molecule has 0 aliphatic heterocycles. The molecular formula is C11H12ClFO3. The number of aliphatic hydroxyl groups excluding tert-OH is 1. The summed E-state index contributed by atoms with van der Waals surface area (Å²) in [5.41, 5.74) is 0.185. The molecule has 0 radical (unpaired) electrons. The molecule has 0 amide bonds. The van der Waals surface area contributed by atoms with Crippen LogP contribution in [0.15, 0.2) is 24.3 Å². The zero-order chi connectivity index (χ0) is 12.1. The zero-order valence-corrected chi connectivity index (χ0v) is 9.45. The van der Waals surface area contributed by atoms with E-state index in [9.17, 15) is 14.3 Å². The number of aliphatic hydroxyl groups is 1. The Morgan fingerprint density at radius 1 is 1.50 bits per heavy atom. The minimum atomic E-state index is -1.81. The van der Waals surface area contributed by atoms with Gasteiger partial charge in [0.25, 0.3) is 0 Å². The number of esters is 1. The number of halogens is 2. The fourth-order valence-electron chi connectivity index (χ4n) is 1.18. The van der Waals surface area contributed by atoms with Gasteiger partial charge in [0.1, 0.15) is 0 Å². The Kier molecular flexibility index (Phi) is 4.71. The molecule has 0 bridgehead atoms. The molecule has 1 N–H and O–H groups in total. The van der Waals surface area contributed by atoms with Gasteiger partial charge in [-0.3, -0.25) is 0 Å². The third kappa shape index (κ3) is 3.18. The molecule has 0 spiro atoms. The zero-order valence-electron chi connectivity index (χ0n) is 8.69. The van der Waals surface area contributed by atoms with Crippen LogP contribution >= 0.6 is 11.6 Å². The van der Waals surface area contributed by atoms with Crippen LogP contribution in [0.4, 0.5) is 4.39 Å². The number of rotatable bonds is 4. The van der Waals surface area contributed by atoms with Crippen LogP contribution in [0.25, 0.3) is 0 Å². The van der Waals surface area contributed by atoms with Gasteiger partial charge in [0.05, 0.1) is 6.61 Å². The summed E-state index contributed by atoms with van der Waals surface area (Å²) in [7, 11) is 0. The van der Waals surface area contributed by atoms with E-state index in [1.807, 2.05) is 0 Å². The number of hydrogen-bond donors (Lipinski definition) is 1. The minimum Gasteiger partial charge on any atom is -0.464 e. The van der Waals surface area contributed by atoms with Crippen LogP contribution in [-0.4, -0.2) is 23.8 Å². The lowest BCUT2D eigenvalue weighted by Gasteiger charge is -2.14. The van der Waals surface area contributed by atoms with E-state index in [4.69, 9.17) is 11.6 Å². The van der Waals surface area contributed by atoms with E-state index < -0.39 is 18.2 Å². The number of hydrogen-bond acceptors (Lipinski definition) is 3. The summed E-state index contributed by atoms with van der Waals surface area (Å²) >= 11 is 5.63. The number of ether oxygens (including phenoxy) is 1. The van der Waals surface area contributed by atoms with Crippen LogP contribution in [0.5, 0.6) is 0 Å². The molecule has 0 fully saturated rings. The average Bonchev–Trinajstić information content (AvgIpc) is 2.28. The second-order valence-corrected chi connectivity index (χ2v) is 3.59. The van der Waals surface area contributed by atoms with Crippen molar-refractivity contribution in [3.8, 4) is 0 Å². The van der Waals surface area contributed by atoms with E-state index in [1.54, 1.807) is 6.92 Å². The monoisotopic (exact) mass is 246 g/mol. The van der Waals surface area contributed by atoms with Crippen molar-refractivity contribution < 1.29 is 19.0 Å². The maximum atomic E-state index is 13.6. The summed E-state index contributed by atoms with van der Waals surface area (Å²) in [5.74, 6) is -0.968. The van der Waals surface area contributed by atoms with E-state index >= 15 is 0 Å². The molecule has 0 saturated heterocycles. The van der Waals surface area contributed by atoms with E-state index in [0.717, 1.165) is 0 Å². The fourth-order valence-corrected chi connectivity index (χ4v) is 1.30. The summed E-state index contributed by atoms with van der Waals surface area (Å²) in [5, 5.41) is 9.82. The van der Waals surface area contributed by atoms with Crippen LogP contribution < -0.4 is 0 Å². The van der Waals surface area contributed by atoms with Crippen molar-refractivity contribution in [3.63, 3.8) is 0 Å². The molecule has 3 nitrogen and oxygen atoms in total. The molecule has 1 aromatic carbocycles. The quantitative estimate of drug-likeness (QED) is 0.829. The van der Waals surface area contributed by atoms with Gasteiger partial charge in [-0.05, 0) is 24.6 Å². The lowest BCUT2D eigenvalue weighted by molar-refractivity contribution is -0.156. The molecule has 0 unspecified atom stereocenters. The lowest BCUT2D eigenvalue weighted by Crippen LogP contribution is -2.27. The predicted octanol–water partition coefficient (Wildman–Crippen LogP) is 2.27. The molecule has 0 aliphatic carbocycles. The van der Waals surface area contributed by atoms with Gasteiger partial charge in [-0.2, -0.15) is 0 Å². The van der Waals surface area contributed by atoms with Crippen molar-refractivity contribution in [3.05, 3.63) is 34.9 Å². The van der Waals surface area contributed by atoms with Crippen LogP contribution in [0.3, 0.4) is 0 Å². The van der Waals surface area contributed by atoms with Gasteiger partial charge < -0.3 is 9.84 Å². The normalized spacial score (nSPS) is 14.2. The Morgan fingerprint density at radius 2 is 2.06 bits per heavy atom. The third-order valence-corrected chi connectivity index (χ3v) is 2.25. The summed E-state index contributed by atoms with van der Waals surface area (Å²) in [6.45, 7) is 1.68. The smallest absolute Gasteiger partial charge is 0.338 e. The van der Waals surface area contributed by atoms with Crippen molar-refractivity contribution in [1.82, 2.24) is 0 Å². The van der Waals surface area contributed by atoms with Crippen molar-refractivity contribution in [2.75, 3.05) is 6.61 Å². The summed E-state index contributed by atoms with van der Waals surface area (Å²) in [4.78, 5) is 11.1. The average molecular weight is 247 g/mol. The van der Waals surface area contributed by atoms with Crippen LogP contribution in [-0.2, 0) is 9.53 Å². The molecule has 0 aliphatic rings. The predicted molar refractivity (Wildman–Crippen MR) is 57.9 cm³/mol. The highest BCUT2D eigenvalue weighted by molar-refractivity contribution is 6.30. The number of carbonyl (C=O) groups excluding carboxylic acids is 1. The second-order valence-electron chi connectivity index (χ2n) is 3.15. The number of benzene rings is 1. The van der Waals surface area contributed by atoms with Crippen molar-refractivity contribution >= 4 is 17.6 Å². The van der Waals surface area contributed by atoms with Gasteiger partial charge in [0.2, 0.25) is 0 Å². The first-order chi connectivity index (χ1) is 7.56. The molecule has 0 heterocycles. The van der Waals surface area contributed by atoms with Gasteiger partial charge in [-0.1, -0.05) is 23.7 Å². The summed E-state index contributed by atoms with van der Waals surface area (Å²) in [6.07, 6.45) is -3.61. The second kappa shape index (κ2) is 5.82. The maximum absolute atomic E-state index is 13.6. The molecular weight excluding hydrogens is 235 g/mol.